The molecule has 0 radical (unpaired) electrons. The quantitative estimate of drug-likeness (QED) is 0.719. The Morgan fingerprint density at radius 3 is 2.62 bits per heavy atom. The fraction of sp³-hybridized carbons (Fsp3) is 0.188. The number of rotatable bonds is 3. The zero-order valence-electron chi connectivity index (χ0n) is 11.7. The van der Waals surface area contributed by atoms with Crippen LogP contribution in [0.5, 0.6) is 0 Å². The van der Waals surface area contributed by atoms with Crippen molar-refractivity contribution in [2.75, 3.05) is 7.05 Å². The molecule has 2 aromatic rings. The van der Waals surface area contributed by atoms with Gasteiger partial charge in [0, 0.05) is 21.4 Å². The molecule has 0 bridgehead atoms. The molecule has 0 N–H and O–H groups in total. The van der Waals surface area contributed by atoms with E-state index in [1.54, 1.807) is 18.0 Å². The van der Waals surface area contributed by atoms with E-state index in [0.29, 0.717) is 10.6 Å². The van der Waals surface area contributed by atoms with Crippen molar-refractivity contribution in [2.45, 2.75) is 17.9 Å². The Morgan fingerprint density at radius 1 is 1.29 bits per heavy atom. The number of thiol groups is 1. The standard InChI is InChI=1S/C16H15BrClNOS/c1-10(12-5-3-4-6-15(12)18)19(2)16(20)13-9-11(21)7-8-14(13)17/h3-10,21H,1-2H3. The minimum atomic E-state index is -0.123. The number of benzene rings is 2. The van der Waals surface area contributed by atoms with Gasteiger partial charge in [-0.25, -0.2) is 0 Å². The summed E-state index contributed by atoms with van der Waals surface area (Å²) in [5.74, 6) is -0.0785. The molecule has 0 spiro atoms. The summed E-state index contributed by atoms with van der Waals surface area (Å²) >= 11 is 13.9. The van der Waals surface area contributed by atoms with Crippen molar-refractivity contribution in [1.29, 1.82) is 0 Å². The van der Waals surface area contributed by atoms with E-state index in [4.69, 9.17) is 11.6 Å². The van der Waals surface area contributed by atoms with E-state index >= 15 is 0 Å². The molecule has 5 heteroatoms. The van der Waals surface area contributed by atoms with Gasteiger partial charge in [-0.05, 0) is 52.7 Å². The highest BCUT2D eigenvalue weighted by Crippen LogP contribution is 2.29. The van der Waals surface area contributed by atoms with Crippen LogP contribution in [0.25, 0.3) is 0 Å². The monoisotopic (exact) mass is 383 g/mol. The van der Waals surface area contributed by atoms with Gasteiger partial charge in [0.15, 0.2) is 0 Å². The average molecular weight is 385 g/mol. The maximum absolute atomic E-state index is 12.7. The van der Waals surface area contributed by atoms with Gasteiger partial charge in [0.2, 0.25) is 0 Å². The Hall–Kier alpha value is -0.970. The van der Waals surface area contributed by atoms with Crippen LogP contribution in [0.3, 0.4) is 0 Å². The molecule has 0 fully saturated rings. The minimum Gasteiger partial charge on any atom is -0.335 e. The summed E-state index contributed by atoms with van der Waals surface area (Å²) in [4.78, 5) is 15.1. The van der Waals surface area contributed by atoms with Crippen LogP contribution in [0.1, 0.15) is 28.9 Å². The van der Waals surface area contributed by atoms with E-state index in [9.17, 15) is 4.79 Å². The second kappa shape index (κ2) is 6.86. The number of hydrogen-bond donors (Lipinski definition) is 1. The first-order valence-corrected chi connectivity index (χ1v) is 8.03. The van der Waals surface area contributed by atoms with Crippen LogP contribution in [0.15, 0.2) is 51.8 Å². The second-order valence-corrected chi connectivity index (χ2v) is 6.56. The summed E-state index contributed by atoms with van der Waals surface area (Å²) in [7, 11) is 1.77. The summed E-state index contributed by atoms with van der Waals surface area (Å²) in [5, 5.41) is 0.659. The van der Waals surface area contributed by atoms with Crippen LogP contribution < -0.4 is 0 Å². The largest absolute Gasteiger partial charge is 0.335 e. The van der Waals surface area contributed by atoms with Crippen LogP contribution in [0.4, 0.5) is 0 Å². The molecular weight excluding hydrogens is 370 g/mol. The molecule has 110 valence electrons. The van der Waals surface area contributed by atoms with Crippen molar-refractivity contribution in [3.63, 3.8) is 0 Å². The highest BCUT2D eigenvalue weighted by Gasteiger charge is 2.22. The maximum atomic E-state index is 12.7. The molecule has 0 aliphatic heterocycles. The molecule has 0 aliphatic rings. The number of halogens is 2. The van der Waals surface area contributed by atoms with E-state index in [1.807, 2.05) is 43.3 Å². The number of amides is 1. The number of carbonyl (C=O) groups excluding carboxylic acids is 1. The van der Waals surface area contributed by atoms with E-state index in [-0.39, 0.29) is 11.9 Å². The lowest BCUT2D eigenvalue weighted by molar-refractivity contribution is 0.0741. The van der Waals surface area contributed by atoms with Crippen LogP contribution in [0, 0.1) is 0 Å². The smallest absolute Gasteiger partial charge is 0.255 e. The molecule has 1 amide bonds. The highest BCUT2D eigenvalue weighted by atomic mass is 79.9. The van der Waals surface area contributed by atoms with Crippen LogP contribution >= 0.6 is 40.2 Å². The Bertz CT molecular complexity index is 677. The molecule has 2 rings (SSSR count). The van der Waals surface area contributed by atoms with Gasteiger partial charge in [0.05, 0.1) is 11.6 Å². The summed E-state index contributed by atoms with van der Waals surface area (Å²) < 4.78 is 0.753. The molecule has 0 aromatic heterocycles. The topological polar surface area (TPSA) is 20.3 Å². The van der Waals surface area contributed by atoms with Gasteiger partial charge in [-0.15, -0.1) is 12.6 Å². The third kappa shape index (κ3) is 3.62. The van der Waals surface area contributed by atoms with Gasteiger partial charge in [-0.2, -0.15) is 0 Å². The summed E-state index contributed by atoms with van der Waals surface area (Å²) in [5.41, 5.74) is 1.51. The first kappa shape index (κ1) is 16.4. The van der Waals surface area contributed by atoms with Crippen LogP contribution in [0.2, 0.25) is 5.02 Å². The molecule has 0 aliphatic carbocycles. The fourth-order valence-corrected chi connectivity index (χ4v) is 2.98. The van der Waals surface area contributed by atoms with Crippen molar-refractivity contribution in [2.24, 2.45) is 0 Å². The lowest BCUT2D eigenvalue weighted by Crippen LogP contribution is -2.30. The molecule has 2 nitrogen and oxygen atoms in total. The molecule has 2 aromatic carbocycles. The second-order valence-electron chi connectivity index (χ2n) is 4.78. The number of carbonyl (C=O) groups is 1. The van der Waals surface area contributed by atoms with Gasteiger partial charge < -0.3 is 4.90 Å². The van der Waals surface area contributed by atoms with Gasteiger partial charge in [-0.3, -0.25) is 4.79 Å². The third-order valence-corrected chi connectivity index (χ3v) is 4.75. The van der Waals surface area contributed by atoms with Crippen LogP contribution in [-0.4, -0.2) is 17.9 Å². The Morgan fingerprint density at radius 2 is 1.95 bits per heavy atom. The Kier molecular flexibility index (Phi) is 5.36. The van der Waals surface area contributed by atoms with Crippen molar-refractivity contribution in [3.05, 3.63) is 63.1 Å². The van der Waals surface area contributed by atoms with Gasteiger partial charge in [-0.1, -0.05) is 29.8 Å². The molecule has 1 atom stereocenters. The van der Waals surface area contributed by atoms with Crippen LogP contribution in [-0.2, 0) is 0 Å². The third-order valence-electron chi connectivity index (χ3n) is 3.44. The van der Waals surface area contributed by atoms with E-state index in [0.717, 1.165) is 14.9 Å². The molecule has 21 heavy (non-hydrogen) atoms. The van der Waals surface area contributed by atoms with Gasteiger partial charge in [0.25, 0.3) is 5.91 Å². The first-order chi connectivity index (χ1) is 9.91. The fourth-order valence-electron chi connectivity index (χ4n) is 2.07. The summed E-state index contributed by atoms with van der Waals surface area (Å²) in [6, 6.07) is 12.8. The number of hydrogen-bond acceptors (Lipinski definition) is 2. The normalized spacial score (nSPS) is 12.0. The Labute approximate surface area is 143 Å². The first-order valence-electron chi connectivity index (χ1n) is 6.42. The molecular formula is C16H15BrClNOS. The highest BCUT2D eigenvalue weighted by molar-refractivity contribution is 9.10. The maximum Gasteiger partial charge on any atom is 0.255 e. The van der Waals surface area contributed by atoms with E-state index in [2.05, 4.69) is 28.6 Å². The molecule has 0 heterocycles. The van der Waals surface area contributed by atoms with Gasteiger partial charge >= 0.3 is 0 Å². The van der Waals surface area contributed by atoms with E-state index < -0.39 is 0 Å². The zero-order valence-corrected chi connectivity index (χ0v) is 14.9. The lowest BCUT2D eigenvalue weighted by Gasteiger charge is -2.26. The predicted molar refractivity (Wildman–Crippen MR) is 93.4 cm³/mol. The van der Waals surface area contributed by atoms with Crippen molar-refractivity contribution < 1.29 is 4.79 Å². The van der Waals surface area contributed by atoms with Crippen molar-refractivity contribution in [3.8, 4) is 0 Å². The van der Waals surface area contributed by atoms with Crippen molar-refractivity contribution >= 4 is 46.1 Å². The minimum absolute atomic E-state index is 0.0785. The molecule has 0 saturated carbocycles. The average Bonchev–Trinajstić information content (AvgIpc) is 2.48. The number of nitrogens with zero attached hydrogens (tertiary/aromatic N) is 1. The SMILES string of the molecule is CC(c1ccccc1Cl)N(C)C(=O)c1cc(S)ccc1Br. The Balaban J connectivity index is 2.31. The zero-order chi connectivity index (χ0) is 15.6. The van der Waals surface area contributed by atoms with Gasteiger partial charge in [0.1, 0.15) is 0 Å². The summed E-state index contributed by atoms with van der Waals surface area (Å²) in [6.45, 7) is 1.96. The predicted octanol–water partition coefficient (Wildman–Crippen LogP) is 5.22. The molecule has 0 saturated heterocycles. The lowest BCUT2D eigenvalue weighted by atomic mass is 10.1. The van der Waals surface area contributed by atoms with Crippen molar-refractivity contribution in [1.82, 2.24) is 4.90 Å². The summed E-state index contributed by atoms with van der Waals surface area (Å²) in [6.07, 6.45) is 0. The molecule has 1 unspecified atom stereocenters. The van der Waals surface area contributed by atoms with E-state index in [1.165, 1.54) is 0 Å².